The lowest BCUT2D eigenvalue weighted by Crippen LogP contribution is -2.18. The van der Waals surface area contributed by atoms with Gasteiger partial charge < -0.3 is 5.11 Å². The lowest BCUT2D eigenvalue weighted by molar-refractivity contribution is -0.205. The average molecular weight is 275 g/mol. The second-order valence-corrected chi connectivity index (χ2v) is 4.64. The molecular formula is C7H6BrF3OS. The van der Waals surface area contributed by atoms with E-state index < -0.39 is 12.3 Å². The second-order valence-electron chi connectivity index (χ2n) is 2.50. The van der Waals surface area contributed by atoms with Crippen LogP contribution in [0.4, 0.5) is 13.2 Å². The van der Waals surface area contributed by atoms with Gasteiger partial charge in [0.15, 0.2) is 6.10 Å². The Hall–Kier alpha value is -0.0700. The minimum atomic E-state index is -4.59. The Morgan fingerprint density at radius 2 is 2.08 bits per heavy atom. The van der Waals surface area contributed by atoms with Crippen molar-refractivity contribution in [2.24, 2.45) is 0 Å². The van der Waals surface area contributed by atoms with Crippen molar-refractivity contribution >= 4 is 27.3 Å². The van der Waals surface area contributed by atoms with Crippen LogP contribution < -0.4 is 0 Å². The summed E-state index contributed by atoms with van der Waals surface area (Å²) in [6, 6.07) is 1.29. The molecule has 1 heterocycles. The number of aryl methyl sites for hydroxylation is 1. The zero-order valence-electron chi connectivity index (χ0n) is 6.52. The lowest BCUT2D eigenvalue weighted by atomic mass is 10.3. The van der Waals surface area contributed by atoms with Crippen molar-refractivity contribution in [1.29, 1.82) is 0 Å². The Bertz CT molecular complexity index is 288. The van der Waals surface area contributed by atoms with Crippen molar-refractivity contribution in [1.82, 2.24) is 0 Å². The molecule has 6 heteroatoms. The lowest BCUT2D eigenvalue weighted by Gasteiger charge is -2.11. The molecule has 0 aromatic carbocycles. The first kappa shape index (κ1) is 11.0. The van der Waals surface area contributed by atoms with E-state index in [9.17, 15) is 13.2 Å². The highest BCUT2D eigenvalue weighted by Crippen LogP contribution is 2.38. The van der Waals surface area contributed by atoms with Crippen molar-refractivity contribution in [3.8, 4) is 0 Å². The molecule has 74 valence electrons. The third-order valence-electron chi connectivity index (χ3n) is 1.46. The van der Waals surface area contributed by atoms with E-state index in [0.29, 0.717) is 4.47 Å². The largest absolute Gasteiger partial charge is 0.419 e. The first-order valence-electron chi connectivity index (χ1n) is 3.33. The number of aliphatic hydroxyl groups is 1. The minimum Gasteiger partial charge on any atom is -0.379 e. The van der Waals surface area contributed by atoms with Gasteiger partial charge in [-0.05, 0) is 28.9 Å². The smallest absolute Gasteiger partial charge is 0.379 e. The summed E-state index contributed by atoms with van der Waals surface area (Å²) in [5.41, 5.74) is 0. The van der Waals surface area contributed by atoms with Crippen molar-refractivity contribution in [3.63, 3.8) is 0 Å². The molecule has 1 aromatic heterocycles. The molecule has 0 aliphatic heterocycles. The predicted molar refractivity (Wildman–Crippen MR) is 47.8 cm³/mol. The molecule has 0 aliphatic carbocycles. The molecule has 0 saturated carbocycles. The van der Waals surface area contributed by atoms with E-state index >= 15 is 0 Å². The van der Waals surface area contributed by atoms with Crippen LogP contribution in [0.5, 0.6) is 0 Å². The highest BCUT2D eigenvalue weighted by atomic mass is 79.9. The van der Waals surface area contributed by atoms with Gasteiger partial charge >= 0.3 is 6.18 Å². The molecule has 0 bridgehead atoms. The minimum absolute atomic E-state index is 0.0862. The maximum atomic E-state index is 12.0. The standard InChI is InChI=1S/C7H6BrF3OS/c1-3-4(8)2-5(13-3)6(12)7(9,10)11/h2,6,12H,1H3. The van der Waals surface area contributed by atoms with Gasteiger partial charge in [0.05, 0.1) is 0 Å². The molecule has 0 saturated heterocycles. The number of aliphatic hydroxyl groups excluding tert-OH is 1. The molecule has 1 rings (SSSR count). The summed E-state index contributed by atoms with van der Waals surface area (Å²) in [6.45, 7) is 1.68. The number of thiophene rings is 1. The molecule has 13 heavy (non-hydrogen) atoms. The molecule has 1 nitrogen and oxygen atoms in total. The fraction of sp³-hybridized carbons (Fsp3) is 0.429. The Kier molecular flexibility index (Phi) is 3.04. The number of halogens is 4. The van der Waals surface area contributed by atoms with E-state index in [1.807, 2.05) is 0 Å². The highest BCUT2D eigenvalue weighted by molar-refractivity contribution is 9.10. The third kappa shape index (κ3) is 2.45. The molecule has 0 spiro atoms. The number of alkyl halides is 3. The average Bonchev–Trinajstić information content (AvgIpc) is 2.29. The zero-order valence-corrected chi connectivity index (χ0v) is 8.92. The number of hydrogen-bond acceptors (Lipinski definition) is 2. The van der Waals surface area contributed by atoms with Crippen LogP contribution in [-0.2, 0) is 0 Å². The summed E-state index contributed by atoms with van der Waals surface area (Å²) in [7, 11) is 0. The van der Waals surface area contributed by atoms with Gasteiger partial charge in [0.1, 0.15) is 0 Å². The summed E-state index contributed by atoms with van der Waals surface area (Å²) in [4.78, 5) is 0.634. The fourth-order valence-corrected chi connectivity index (χ4v) is 2.35. The zero-order chi connectivity index (χ0) is 10.2. The number of hydrogen-bond donors (Lipinski definition) is 1. The SMILES string of the molecule is Cc1sc(C(O)C(F)(F)F)cc1Br. The van der Waals surface area contributed by atoms with Crippen LogP contribution in [0.15, 0.2) is 10.5 Å². The Labute approximate surface area is 85.3 Å². The molecule has 0 fully saturated rings. The van der Waals surface area contributed by atoms with Crippen LogP contribution in [0.3, 0.4) is 0 Å². The van der Waals surface area contributed by atoms with Crippen molar-refractivity contribution in [2.45, 2.75) is 19.2 Å². The van der Waals surface area contributed by atoms with E-state index in [1.165, 1.54) is 6.07 Å². The van der Waals surface area contributed by atoms with Crippen LogP contribution in [-0.4, -0.2) is 11.3 Å². The normalized spacial score (nSPS) is 14.6. The molecule has 1 atom stereocenters. The molecule has 1 aromatic rings. The molecule has 0 aliphatic rings. The first-order valence-corrected chi connectivity index (χ1v) is 4.94. The Morgan fingerprint density at radius 1 is 1.54 bits per heavy atom. The monoisotopic (exact) mass is 274 g/mol. The van der Waals surface area contributed by atoms with Gasteiger partial charge in [0.25, 0.3) is 0 Å². The van der Waals surface area contributed by atoms with Crippen LogP contribution in [0.25, 0.3) is 0 Å². The fourth-order valence-electron chi connectivity index (χ4n) is 0.778. The van der Waals surface area contributed by atoms with Gasteiger partial charge in [-0.1, -0.05) is 0 Å². The Morgan fingerprint density at radius 3 is 2.38 bits per heavy atom. The maximum Gasteiger partial charge on any atom is 0.419 e. The van der Waals surface area contributed by atoms with Gasteiger partial charge in [-0.25, -0.2) is 0 Å². The molecule has 0 radical (unpaired) electrons. The topological polar surface area (TPSA) is 20.2 Å². The van der Waals surface area contributed by atoms with Crippen molar-refractivity contribution < 1.29 is 18.3 Å². The molecular weight excluding hydrogens is 269 g/mol. The summed E-state index contributed by atoms with van der Waals surface area (Å²) in [5.74, 6) is 0. The van der Waals surface area contributed by atoms with Crippen molar-refractivity contribution in [3.05, 3.63) is 20.3 Å². The number of rotatable bonds is 1. The van der Waals surface area contributed by atoms with E-state index in [-0.39, 0.29) is 4.88 Å². The quantitative estimate of drug-likeness (QED) is 0.832. The highest BCUT2D eigenvalue weighted by Gasteiger charge is 2.40. The van der Waals surface area contributed by atoms with E-state index in [1.54, 1.807) is 6.92 Å². The van der Waals surface area contributed by atoms with E-state index in [2.05, 4.69) is 15.9 Å². The van der Waals surface area contributed by atoms with Crippen LogP contribution in [0, 0.1) is 6.92 Å². The molecule has 0 amide bonds. The molecule has 1 N–H and O–H groups in total. The van der Waals surface area contributed by atoms with Crippen molar-refractivity contribution in [2.75, 3.05) is 0 Å². The molecule has 1 unspecified atom stereocenters. The first-order chi connectivity index (χ1) is 5.82. The van der Waals surface area contributed by atoms with Crippen LogP contribution in [0.1, 0.15) is 15.9 Å². The van der Waals surface area contributed by atoms with Gasteiger partial charge in [0.2, 0.25) is 0 Å². The summed E-state index contributed by atoms with van der Waals surface area (Å²) in [5, 5.41) is 8.86. The van der Waals surface area contributed by atoms with Crippen LogP contribution >= 0.6 is 27.3 Å². The Balaban J connectivity index is 2.96. The third-order valence-corrected chi connectivity index (χ3v) is 3.64. The van der Waals surface area contributed by atoms with Gasteiger partial charge in [0, 0.05) is 14.2 Å². The maximum absolute atomic E-state index is 12.0. The van der Waals surface area contributed by atoms with E-state index in [4.69, 9.17) is 5.11 Å². The van der Waals surface area contributed by atoms with Crippen LogP contribution in [0.2, 0.25) is 0 Å². The van der Waals surface area contributed by atoms with E-state index in [0.717, 1.165) is 16.2 Å². The van der Waals surface area contributed by atoms with Gasteiger partial charge in [-0.2, -0.15) is 13.2 Å². The van der Waals surface area contributed by atoms with Gasteiger partial charge in [-0.15, -0.1) is 11.3 Å². The summed E-state index contributed by atoms with van der Waals surface area (Å²) in [6.07, 6.45) is -6.96. The summed E-state index contributed by atoms with van der Waals surface area (Å²) < 4.78 is 36.6. The summed E-state index contributed by atoms with van der Waals surface area (Å²) >= 11 is 4.02. The van der Waals surface area contributed by atoms with Gasteiger partial charge in [-0.3, -0.25) is 0 Å². The predicted octanol–water partition coefficient (Wildman–Crippen LogP) is 3.41. The second kappa shape index (κ2) is 3.59.